The SMILES string of the molecule is CN(C)CCCCC(=O)c1ccc(-c2[nH]c(O)c3c2C(=O)N=C3c2ccc(C(=O)NCCCN(C)C)cc2)cc1.CN(C)CCCNC(=O)c1ccc(-c2[nH]c(O)c3c2C(=O)N=C3c2ccc(Cl)cc2)cc1.O=C1N=C(c2ccc(Cl)cc2)c2c(O)[nH]c(-c3ccc(Cl)cc3)c21. The standard InChI is InChI=1S/C31H37N5O4.C24H23ClN4O3.C18H10Cl2N2O2/c1-35(2)18-6-5-8-24(37)20-9-11-21(12-10-20)27-25-26(31(40)33-27)28(34-30(25)39)22-13-15-23(16-14-22)29(38)32-17-7-19-36(3)4;1-29(2)13-3-12-26-22(30)16-6-4-14(5-7-16)20-18-19(24(32)27-20)21(28-23(18)31)15-8-10-17(25)11-9-15;19-11-5-1-9(2-6-11)15-13-14(18(24)21-15)16(22-17(13)23)10-3-7-12(20)8-4-10/h9-16,33,40H,5-8,17-19H2,1-4H3,(H,32,38);4-11,27,32H,3,12-13H2,1-2H3,(H,26,30);1-8,21,24H. The van der Waals surface area contributed by atoms with Gasteiger partial charge in [-0.25, -0.2) is 15.0 Å². The lowest BCUT2D eigenvalue weighted by atomic mass is 9.98. The number of aromatic nitrogens is 3. The molecule has 20 nitrogen and oxygen atoms in total. The van der Waals surface area contributed by atoms with E-state index >= 15 is 0 Å². The maximum atomic E-state index is 13.0. The molecular weight excluding hydrogens is 1280 g/mol. The highest BCUT2D eigenvalue weighted by molar-refractivity contribution is 6.34. The molecule has 12 rings (SSSR count). The number of ketones is 1. The molecule has 0 radical (unpaired) electrons. The predicted molar refractivity (Wildman–Crippen MR) is 376 cm³/mol. The van der Waals surface area contributed by atoms with E-state index in [-0.39, 0.29) is 40.8 Å². The first-order valence-electron chi connectivity index (χ1n) is 30.9. The Balaban J connectivity index is 0.000000161. The van der Waals surface area contributed by atoms with Gasteiger partial charge in [-0.3, -0.25) is 28.8 Å². The maximum Gasteiger partial charge on any atom is 0.280 e. The lowest BCUT2D eigenvalue weighted by Gasteiger charge is -2.10. The predicted octanol–water partition coefficient (Wildman–Crippen LogP) is 12.4. The van der Waals surface area contributed by atoms with Crippen molar-refractivity contribution in [2.45, 2.75) is 32.1 Å². The molecule has 0 atom stereocenters. The second kappa shape index (κ2) is 30.6. The number of hydrogen-bond acceptors (Lipinski definition) is 12. The molecule has 5 amide bonds. The van der Waals surface area contributed by atoms with Crippen LogP contribution in [0.25, 0.3) is 33.8 Å². The lowest BCUT2D eigenvalue weighted by Crippen LogP contribution is -2.27. The molecule has 0 bridgehead atoms. The van der Waals surface area contributed by atoms with E-state index in [2.05, 4.69) is 55.3 Å². The van der Waals surface area contributed by atoms with Crippen LogP contribution >= 0.6 is 34.8 Å². The Labute approximate surface area is 569 Å². The number of rotatable bonds is 22. The number of carbonyl (C=O) groups excluding carboxylic acids is 6. The van der Waals surface area contributed by atoms with Crippen molar-refractivity contribution >= 4 is 87.3 Å². The van der Waals surface area contributed by atoms with Crippen molar-refractivity contribution in [3.8, 4) is 51.4 Å². The number of aromatic hydroxyl groups is 3. The molecule has 0 saturated carbocycles. The largest absolute Gasteiger partial charge is 0.494 e. The molecule has 23 heteroatoms. The van der Waals surface area contributed by atoms with Crippen molar-refractivity contribution in [3.63, 3.8) is 0 Å². The van der Waals surface area contributed by atoms with Crippen LogP contribution in [0.15, 0.2) is 161 Å². The van der Waals surface area contributed by atoms with Gasteiger partial charge in [-0.2, -0.15) is 0 Å². The van der Waals surface area contributed by atoms with Gasteiger partial charge in [0.25, 0.3) is 29.5 Å². The van der Waals surface area contributed by atoms with Gasteiger partial charge in [0.15, 0.2) is 23.4 Å². The van der Waals surface area contributed by atoms with Crippen LogP contribution in [0.2, 0.25) is 15.1 Å². The van der Waals surface area contributed by atoms with Gasteiger partial charge in [0, 0.05) is 68.0 Å². The van der Waals surface area contributed by atoms with E-state index in [0.717, 1.165) is 50.9 Å². The van der Waals surface area contributed by atoms with Crippen molar-refractivity contribution in [1.29, 1.82) is 0 Å². The average Bonchev–Trinajstić information content (AvgIpc) is 1.61. The quantitative estimate of drug-likeness (QED) is 0.0232. The van der Waals surface area contributed by atoms with Gasteiger partial charge in [-0.1, -0.05) is 120 Å². The molecule has 0 unspecified atom stereocenters. The van der Waals surface area contributed by atoms with Gasteiger partial charge >= 0.3 is 0 Å². The zero-order valence-electron chi connectivity index (χ0n) is 53.5. The number of aliphatic imine (C=N–C) groups is 3. The van der Waals surface area contributed by atoms with Crippen LogP contribution in [0, 0.1) is 0 Å². The van der Waals surface area contributed by atoms with Crippen LogP contribution in [0.3, 0.4) is 0 Å². The van der Waals surface area contributed by atoms with Crippen LogP contribution in [-0.2, 0) is 0 Å². The minimum Gasteiger partial charge on any atom is -0.494 e. The number of H-pyrrole nitrogens is 3. The maximum absolute atomic E-state index is 13.0. The van der Waals surface area contributed by atoms with Gasteiger partial charge < -0.3 is 55.6 Å². The average molecular weight is 1350 g/mol. The Morgan fingerprint density at radius 3 is 0.958 bits per heavy atom. The number of halogens is 3. The Bertz CT molecular complexity index is 4490. The smallest absolute Gasteiger partial charge is 0.280 e. The number of Topliss-reactive ketones (excluding diaryl/α,β-unsaturated/α-hetero) is 1. The molecule has 3 aliphatic heterocycles. The summed E-state index contributed by atoms with van der Waals surface area (Å²) in [4.78, 5) is 103. The molecule has 96 heavy (non-hydrogen) atoms. The highest BCUT2D eigenvalue weighted by Crippen LogP contribution is 2.41. The van der Waals surface area contributed by atoms with E-state index in [0.29, 0.717) is 141 Å². The topological polar surface area (TPSA) is 281 Å². The molecule has 0 saturated heterocycles. The fourth-order valence-corrected chi connectivity index (χ4v) is 11.6. The zero-order chi connectivity index (χ0) is 68.5. The third-order valence-corrected chi connectivity index (χ3v) is 16.8. The number of carbonyl (C=O) groups is 6. The number of fused-ring (bicyclic) bond motifs is 3. The van der Waals surface area contributed by atoms with E-state index in [9.17, 15) is 44.1 Å². The Morgan fingerprint density at radius 2 is 0.646 bits per heavy atom. The fourth-order valence-electron chi connectivity index (χ4n) is 11.2. The molecule has 6 heterocycles. The molecule has 6 aromatic carbocycles. The molecule has 0 spiro atoms. The number of nitrogens with zero attached hydrogens (tertiary/aromatic N) is 6. The summed E-state index contributed by atoms with van der Waals surface area (Å²) in [5.41, 5.74) is 10.5. The minimum atomic E-state index is -0.458. The number of benzene rings is 6. The van der Waals surface area contributed by atoms with Crippen LogP contribution in [0.4, 0.5) is 0 Å². The third-order valence-electron chi connectivity index (χ3n) is 16.0. The van der Waals surface area contributed by atoms with Crippen LogP contribution < -0.4 is 10.6 Å². The molecular formula is C73H70Cl3N11O9. The van der Waals surface area contributed by atoms with E-state index in [1.54, 1.807) is 146 Å². The normalized spacial score (nSPS) is 12.8. The first kappa shape index (κ1) is 68.8. The number of amides is 5. The molecule has 492 valence electrons. The number of aromatic amines is 3. The molecule has 3 aromatic heterocycles. The second-order valence-corrected chi connectivity index (χ2v) is 25.2. The summed E-state index contributed by atoms with van der Waals surface area (Å²) in [5.74, 6) is -1.89. The summed E-state index contributed by atoms with van der Waals surface area (Å²) in [6.07, 6.45) is 3.99. The Morgan fingerprint density at radius 1 is 0.375 bits per heavy atom. The second-order valence-electron chi connectivity index (χ2n) is 23.9. The number of unbranched alkanes of at least 4 members (excludes halogenated alkanes) is 1. The minimum absolute atomic E-state index is 0.0808. The van der Waals surface area contributed by atoms with Crippen molar-refractivity contribution in [2.24, 2.45) is 15.0 Å². The first-order chi connectivity index (χ1) is 46.0. The van der Waals surface area contributed by atoms with Gasteiger partial charge in [-0.15, -0.1) is 0 Å². The van der Waals surface area contributed by atoms with E-state index in [4.69, 9.17) is 34.8 Å². The third kappa shape index (κ3) is 15.8. The van der Waals surface area contributed by atoms with Crippen molar-refractivity contribution < 1.29 is 44.1 Å². The zero-order valence-corrected chi connectivity index (χ0v) is 55.8. The van der Waals surface area contributed by atoms with Crippen LogP contribution in [0.5, 0.6) is 17.6 Å². The summed E-state index contributed by atoms with van der Waals surface area (Å²) in [7, 11) is 12.0. The summed E-state index contributed by atoms with van der Waals surface area (Å²) in [6, 6.07) is 41.6. The first-order valence-corrected chi connectivity index (χ1v) is 32.1. The number of hydrogen-bond donors (Lipinski definition) is 8. The van der Waals surface area contributed by atoms with Crippen molar-refractivity contribution in [1.82, 2.24) is 40.3 Å². The summed E-state index contributed by atoms with van der Waals surface area (Å²) < 4.78 is 0. The monoisotopic (exact) mass is 1350 g/mol. The van der Waals surface area contributed by atoms with Gasteiger partial charge in [0.2, 0.25) is 0 Å². The van der Waals surface area contributed by atoms with Crippen LogP contribution in [-0.4, -0.2) is 172 Å². The molecule has 3 aliphatic rings. The number of nitrogens with one attached hydrogen (secondary N) is 5. The van der Waals surface area contributed by atoms with Crippen molar-refractivity contribution in [2.75, 3.05) is 75.0 Å². The van der Waals surface area contributed by atoms with Gasteiger partial charge in [0.1, 0.15) is 0 Å². The van der Waals surface area contributed by atoms with Crippen LogP contribution in [0.1, 0.15) is 128 Å². The van der Waals surface area contributed by atoms with Crippen molar-refractivity contribution in [3.05, 3.63) is 227 Å². The van der Waals surface area contributed by atoms with E-state index < -0.39 is 17.7 Å². The Kier molecular flexibility index (Phi) is 21.9. The molecule has 0 fully saturated rings. The van der Waals surface area contributed by atoms with E-state index in [1.165, 1.54) is 0 Å². The molecule has 0 aliphatic carbocycles. The lowest BCUT2D eigenvalue weighted by molar-refractivity contribution is 0.0944. The summed E-state index contributed by atoms with van der Waals surface area (Å²) >= 11 is 17.8. The van der Waals surface area contributed by atoms with Gasteiger partial charge in [0.05, 0.1) is 67.6 Å². The fraction of sp³-hybridized carbons (Fsp3) is 0.219. The van der Waals surface area contributed by atoms with E-state index in [1.807, 2.05) is 42.3 Å². The van der Waals surface area contributed by atoms with Gasteiger partial charge in [-0.05, 0) is 165 Å². The Hall–Kier alpha value is -10.1. The molecule has 9 aromatic rings. The highest BCUT2D eigenvalue weighted by Gasteiger charge is 2.36. The highest BCUT2D eigenvalue weighted by atomic mass is 35.5. The summed E-state index contributed by atoms with van der Waals surface area (Å²) in [6.45, 7) is 3.90. The summed E-state index contributed by atoms with van der Waals surface area (Å²) in [5, 5.41) is 39.2. The molecule has 8 N–H and O–H groups in total.